The van der Waals surface area contributed by atoms with Crippen molar-refractivity contribution in [1.82, 2.24) is 10.6 Å². The van der Waals surface area contributed by atoms with Crippen molar-refractivity contribution in [3.8, 4) is 5.75 Å². The lowest BCUT2D eigenvalue weighted by molar-refractivity contribution is -0.126. The number of ether oxygens (including phenoxy) is 1. The Morgan fingerprint density at radius 1 is 1.38 bits per heavy atom. The zero-order valence-corrected chi connectivity index (χ0v) is 13.6. The average Bonchev–Trinajstić information content (AvgIpc) is 2.57. The summed E-state index contributed by atoms with van der Waals surface area (Å²) >= 11 is 0. The average molecular weight is 331 g/mol. The van der Waals surface area contributed by atoms with Crippen molar-refractivity contribution < 1.29 is 19.1 Å². The van der Waals surface area contributed by atoms with Gasteiger partial charge >= 0.3 is 0 Å². The van der Waals surface area contributed by atoms with Crippen LogP contribution < -0.4 is 20.3 Å². The summed E-state index contributed by atoms with van der Waals surface area (Å²) in [6.07, 6.45) is 0.722. The highest BCUT2D eigenvalue weighted by molar-refractivity contribution is 6.00. The van der Waals surface area contributed by atoms with E-state index >= 15 is 0 Å². The van der Waals surface area contributed by atoms with E-state index in [1.54, 1.807) is 11.8 Å². The molecule has 1 aromatic rings. The molecule has 0 spiro atoms. The SMILES string of the molecule is C[C@@H]1Oc2ccccc2N(CCC(=O)N[C@H]2CCC(=O)NC2)C1=O. The minimum atomic E-state index is -0.559. The van der Waals surface area contributed by atoms with Gasteiger partial charge in [0.2, 0.25) is 11.8 Å². The quantitative estimate of drug-likeness (QED) is 0.845. The van der Waals surface area contributed by atoms with Gasteiger partial charge in [-0.15, -0.1) is 0 Å². The summed E-state index contributed by atoms with van der Waals surface area (Å²) in [5.74, 6) is 0.400. The second-order valence-corrected chi connectivity index (χ2v) is 6.07. The number of anilines is 1. The molecule has 0 aromatic heterocycles. The van der Waals surface area contributed by atoms with Crippen LogP contribution in [0.4, 0.5) is 5.69 Å². The lowest BCUT2D eigenvalue weighted by Gasteiger charge is -2.33. The molecule has 2 aliphatic rings. The first-order valence-corrected chi connectivity index (χ1v) is 8.17. The van der Waals surface area contributed by atoms with Crippen LogP contribution in [0.3, 0.4) is 0 Å². The van der Waals surface area contributed by atoms with Crippen LogP contribution in [0.5, 0.6) is 5.75 Å². The van der Waals surface area contributed by atoms with Crippen molar-refractivity contribution in [3.05, 3.63) is 24.3 Å². The number of benzene rings is 1. The van der Waals surface area contributed by atoms with Crippen LogP contribution in [0.25, 0.3) is 0 Å². The Hall–Kier alpha value is -2.57. The van der Waals surface area contributed by atoms with Gasteiger partial charge in [-0.05, 0) is 25.5 Å². The standard InChI is InChI=1S/C17H21N3O4/c1-11-17(23)20(13-4-2-3-5-14(13)24-11)9-8-16(22)19-12-6-7-15(21)18-10-12/h2-5,11-12H,6-10H2,1H3,(H,18,21)(H,19,22)/t11-,12-/m0/s1. The van der Waals surface area contributed by atoms with Gasteiger partial charge in [0.1, 0.15) is 5.75 Å². The molecule has 0 bridgehead atoms. The molecule has 128 valence electrons. The zero-order valence-electron chi connectivity index (χ0n) is 13.6. The van der Waals surface area contributed by atoms with Gasteiger partial charge in [-0.3, -0.25) is 14.4 Å². The number of piperidine rings is 1. The van der Waals surface area contributed by atoms with E-state index in [1.165, 1.54) is 0 Å². The first-order chi connectivity index (χ1) is 11.5. The molecule has 1 saturated heterocycles. The Kier molecular flexibility index (Phi) is 4.69. The molecule has 24 heavy (non-hydrogen) atoms. The van der Waals surface area contributed by atoms with Gasteiger partial charge in [-0.1, -0.05) is 12.1 Å². The molecule has 7 heteroatoms. The van der Waals surface area contributed by atoms with Gasteiger partial charge in [0, 0.05) is 32.0 Å². The van der Waals surface area contributed by atoms with Crippen LogP contribution in [0.2, 0.25) is 0 Å². The predicted molar refractivity (Wildman–Crippen MR) is 87.7 cm³/mol. The highest BCUT2D eigenvalue weighted by Gasteiger charge is 2.31. The fraction of sp³-hybridized carbons (Fsp3) is 0.471. The number of nitrogens with one attached hydrogen (secondary N) is 2. The maximum absolute atomic E-state index is 12.3. The van der Waals surface area contributed by atoms with Crippen molar-refractivity contribution in [2.45, 2.75) is 38.3 Å². The van der Waals surface area contributed by atoms with Crippen LogP contribution in [0.15, 0.2) is 24.3 Å². The number of carbonyl (C=O) groups excluding carboxylic acids is 3. The molecule has 0 radical (unpaired) electrons. The van der Waals surface area contributed by atoms with Crippen LogP contribution in [0.1, 0.15) is 26.2 Å². The van der Waals surface area contributed by atoms with E-state index in [1.807, 2.05) is 24.3 Å². The van der Waals surface area contributed by atoms with Crippen LogP contribution in [-0.4, -0.2) is 43.0 Å². The molecule has 2 atom stereocenters. The van der Waals surface area contributed by atoms with Crippen molar-refractivity contribution in [1.29, 1.82) is 0 Å². The van der Waals surface area contributed by atoms with Crippen molar-refractivity contribution in [3.63, 3.8) is 0 Å². The van der Waals surface area contributed by atoms with E-state index in [0.29, 0.717) is 37.4 Å². The third-order valence-corrected chi connectivity index (χ3v) is 4.27. The van der Waals surface area contributed by atoms with Gasteiger partial charge in [0.05, 0.1) is 5.69 Å². The highest BCUT2D eigenvalue weighted by atomic mass is 16.5. The minimum Gasteiger partial charge on any atom is -0.479 e. The number of rotatable bonds is 4. The van der Waals surface area contributed by atoms with E-state index in [0.717, 1.165) is 0 Å². The number of fused-ring (bicyclic) bond motifs is 1. The largest absolute Gasteiger partial charge is 0.479 e. The van der Waals surface area contributed by atoms with Gasteiger partial charge in [-0.2, -0.15) is 0 Å². The lowest BCUT2D eigenvalue weighted by atomic mass is 10.1. The van der Waals surface area contributed by atoms with Gasteiger partial charge in [-0.25, -0.2) is 0 Å². The number of hydrogen-bond acceptors (Lipinski definition) is 4. The number of carbonyl (C=O) groups is 3. The number of para-hydroxylation sites is 2. The van der Waals surface area contributed by atoms with E-state index in [-0.39, 0.29) is 30.2 Å². The third-order valence-electron chi connectivity index (χ3n) is 4.27. The van der Waals surface area contributed by atoms with Gasteiger partial charge in [0.15, 0.2) is 6.10 Å². The minimum absolute atomic E-state index is 0.0185. The molecule has 2 N–H and O–H groups in total. The molecular formula is C17H21N3O4. The van der Waals surface area contributed by atoms with E-state index in [4.69, 9.17) is 4.74 Å². The highest BCUT2D eigenvalue weighted by Crippen LogP contribution is 2.33. The Morgan fingerprint density at radius 3 is 2.92 bits per heavy atom. The van der Waals surface area contributed by atoms with Gasteiger partial charge in [0.25, 0.3) is 5.91 Å². The predicted octanol–water partition coefficient (Wildman–Crippen LogP) is 0.585. The van der Waals surface area contributed by atoms with Crippen LogP contribution in [-0.2, 0) is 14.4 Å². The Morgan fingerprint density at radius 2 is 2.17 bits per heavy atom. The summed E-state index contributed by atoms with van der Waals surface area (Å²) in [5, 5.41) is 5.64. The fourth-order valence-electron chi connectivity index (χ4n) is 2.96. The summed E-state index contributed by atoms with van der Waals surface area (Å²) < 4.78 is 5.58. The molecule has 1 fully saturated rings. The molecule has 1 aromatic carbocycles. The third kappa shape index (κ3) is 3.50. The van der Waals surface area contributed by atoms with E-state index in [2.05, 4.69) is 10.6 Å². The van der Waals surface area contributed by atoms with Crippen molar-refractivity contribution >= 4 is 23.4 Å². The molecule has 3 amide bonds. The summed E-state index contributed by atoms with van der Waals surface area (Å²) in [7, 11) is 0. The molecule has 0 unspecified atom stereocenters. The second kappa shape index (κ2) is 6.90. The van der Waals surface area contributed by atoms with Crippen LogP contribution in [0, 0.1) is 0 Å². The normalized spacial score (nSPS) is 23.1. The molecule has 2 heterocycles. The Labute approximate surface area is 140 Å². The number of hydrogen-bond donors (Lipinski definition) is 2. The van der Waals surface area contributed by atoms with Gasteiger partial charge < -0.3 is 20.3 Å². The topological polar surface area (TPSA) is 87.7 Å². The van der Waals surface area contributed by atoms with E-state index < -0.39 is 6.10 Å². The fourth-order valence-corrected chi connectivity index (χ4v) is 2.96. The molecule has 7 nitrogen and oxygen atoms in total. The van der Waals surface area contributed by atoms with E-state index in [9.17, 15) is 14.4 Å². The smallest absolute Gasteiger partial charge is 0.267 e. The molecular weight excluding hydrogens is 310 g/mol. The van der Waals surface area contributed by atoms with Crippen molar-refractivity contribution in [2.24, 2.45) is 0 Å². The molecule has 0 saturated carbocycles. The first-order valence-electron chi connectivity index (χ1n) is 8.17. The Balaban J connectivity index is 1.58. The zero-order chi connectivity index (χ0) is 17.1. The molecule has 0 aliphatic carbocycles. The number of nitrogens with zero attached hydrogens (tertiary/aromatic N) is 1. The molecule has 2 aliphatic heterocycles. The first kappa shape index (κ1) is 16.3. The van der Waals surface area contributed by atoms with Crippen LogP contribution >= 0.6 is 0 Å². The second-order valence-electron chi connectivity index (χ2n) is 6.07. The maximum atomic E-state index is 12.3. The monoisotopic (exact) mass is 331 g/mol. The lowest BCUT2D eigenvalue weighted by Crippen LogP contribution is -2.49. The summed E-state index contributed by atoms with van der Waals surface area (Å²) in [6.45, 7) is 2.46. The Bertz CT molecular complexity index is 651. The molecule has 3 rings (SSSR count). The number of amides is 3. The van der Waals surface area contributed by atoms with Crippen molar-refractivity contribution in [2.75, 3.05) is 18.0 Å². The maximum Gasteiger partial charge on any atom is 0.267 e. The summed E-state index contributed by atoms with van der Waals surface area (Å²) in [6, 6.07) is 7.28. The summed E-state index contributed by atoms with van der Waals surface area (Å²) in [5.41, 5.74) is 0.693. The summed E-state index contributed by atoms with van der Waals surface area (Å²) in [4.78, 5) is 37.2.